The molecule has 0 amide bonds. The molecule has 6 heteroatoms. The van der Waals surface area contributed by atoms with E-state index in [2.05, 4.69) is 57.2 Å². The van der Waals surface area contributed by atoms with E-state index in [9.17, 15) is 14.4 Å². The van der Waals surface area contributed by atoms with Gasteiger partial charge in [-0.2, -0.15) is 0 Å². The molecule has 0 heterocycles. The van der Waals surface area contributed by atoms with Gasteiger partial charge in [-0.3, -0.25) is 14.4 Å². The summed E-state index contributed by atoms with van der Waals surface area (Å²) in [6, 6.07) is 0. The zero-order valence-electron chi connectivity index (χ0n) is 39.3. The highest BCUT2D eigenvalue weighted by Gasteiger charge is 2.19. The number of unbranched alkanes of at least 4 members (excludes halogenated alkanes) is 29. The fourth-order valence-electron chi connectivity index (χ4n) is 7.23. The Kier molecular flexibility index (Phi) is 46.4. The zero-order chi connectivity index (χ0) is 43.0. The molecule has 0 rings (SSSR count). The first-order valence-corrected chi connectivity index (χ1v) is 25.5. The lowest BCUT2D eigenvalue weighted by atomic mass is 10.1. The third-order valence-corrected chi connectivity index (χ3v) is 11.1. The van der Waals surface area contributed by atoms with Crippen LogP contribution in [0.25, 0.3) is 0 Å². The maximum atomic E-state index is 12.8. The normalized spacial score (nSPS) is 12.3. The maximum Gasteiger partial charge on any atom is 0.306 e. The molecule has 0 aliphatic heterocycles. The smallest absolute Gasteiger partial charge is 0.306 e. The van der Waals surface area contributed by atoms with Crippen LogP contribution >= 0.6 is 0 Å². The van der Waals surface area contributed by atoms with Gasteiger partial charge >= 0.3 is 17.9 Å². The van der Waals surface area contributed by atoms with Gasteiger partial charge in [0.2, 0.25) is 0 Å². The number of esters is 3. The largest absolute Gasteiger partial charge is 0.462 e. The second kappa shape index (κ2) is 48.3. The molecule has 0 aromatic rings. The van der Waals surface area contributed by atoms with Gasteiger partial charge in [-0.05, 0) is 77.0 Å². The Labute approximate surface area is 365 Å². The van der Waals surface area contributed by atoms with E-state index >= 15 is 0 Å². The first-order valence-electron chi connectivity index (χ1n) is 25.5. The van der Waals surface area contributed by atoms with E-state index in [0.717, 1.165) is 83.5 Å². The van der Waals surface area contributed by atoms with E-state index in [1.54, 1.807) is 0 Å². The molecule has 59 heavy (non-hydrogen) atoms. The molecular weight excluding hydrogens is 733 g/mol. The molecule has 0 aromatic carbocycles. The van der Waals surface area contributed by atoms with Crippen molar-refractivity contribution in [2.75, 3.05) is 13.2 Å². The SMILES string of the molecule is CCCCC/C=C\C/C=C\CCCCCCCC(=O)OC[C@H](COC(=O)CCCCCCCCCCCCC)OC(=O)CCCCCCC/C=C\CCCCCCCC. The molecule has 0 spiro atoms. The average Bonchev–Trinajstić information content (AvgIpc) is 3.23. The van der Waals surface area contributed by atoms with Crippen LogP contribution in [-0.4, -0.2) is 37.2 Å². The fourth-order valence-corrected chi connectivity index (χ4v) is 7.23. The van der Waals surface area contributed by atoms with Crippen LogP contribution in [0.3, 0.4) is 0 Å². The number of allylic oxidation sites excluding steroid dienone is 6. The summed E-state index contributed by atoms with van der Waals surface area (Å²) in [6.45, 7) is 6.59. The summed E-state index contributed by atoms with van der Waals surface area (Å²) in [5.74, 6) is -0.893. The minimum Gasteiger partial charge on any atom is -0.462 e. The summed E-state index contributed by atoms with van der Waals surface area (Å²) in [6.07, 6.45) is 55.5. The van der Waals surface area contributed by atoms with Crippen molar-refractivity contribution in [3.63, 3.8) is 0 Å². The molecule has 0 bridgehead atoms. The summed E-state index contributed by atoms with van der Waals surface area (Å²) in [5.41, 5.74) is 0. The molecule has 0 unspecified atom stereocenters. The third kappa shape index (κ3) is 46.5. The summed E-state index contributed by atoms with van der Waals surface area (Å²) < 4.78 is 16.8. The highest BCUT2D eigenvalue weighted by Crippen LogP contribution is 2.15. The Bertz CT molecular complexity index is 1000. The Morgan fingerprint density at radius 2 is 0.610 bits per heavy atom. The molecule has 0 N–H and O–H groups in total. The molecule has 0 aliphatic carbocycles. The molecule has 0 radical (unpaired) electrons. The number of hydrogen-bond acceptors (Lipinski definition) is 6. The van der Waals surface area contributed by atoms with Crippen molar-refractivity contribution in [1.82, 2.24) is 0 Å². The van der Waals surface area contributed by atoms with Gasteiger partial charge in [-0.25, -0.2) is 0 Å². The van der Waals surface area contributed by atoms with Crippen LogP contribution in [-0.2, 0) is 28.6 Å². The quantitative estimate of drug-likeness (QED) is 0.0263. The lowest BCUT2D eigenvalue weighted by Crippen LogP contribution is -2.30. The van der Waals surface area contributed by atoms with Crippen LogP contribution in [0, 0.1) is 0 Å². The van der Waals surface area contributed by atoms with Crippen LogP contribution in [0.2, 0.25) is 0 Å². The number of carbonyl (C=O) groups is 3. The van der Waals surface area contributed by atoms with E-state index in [1.807, 2.05) is 0 Å². The molecule has 0 fully saturated rings. The summed E-state index contributed by atoms with van der Waals surface area (Å²) >= 11 is 0. The van der Waals surface area contributed by atoms with Crippen LogP contribution < -0.4 is 0 Å². The Morgan fingerprint density at radius 3 is 0.983 bits per heavy atom. The van der Waals surface area contributed by atoms with Gasteiger partial charge in [0.25, 0.3) is 0 Å². The Morgan fingerprint density at radius 1 is 0.339 bits per heavy atom. The molecule has 0 aliphatic rings. The van der Waals surface area contributed by atoms with Crippen molar-refractivity contribution in [3.8, 4) is 0 Å². The van der Waals surface area contributed by atoms with E-state index in [-0.39, 0.29) is 31.1 Å². The van der Waals surface area contributed by atoms with Gasteiger partial charge in [-0.15, -0.1) is 0 Å². The number of ether oxygens (including phenoxy) is 3. The van der Waals surface area contributed by atoms with E-state index in [0.29, 0.717) is 19.3 Å². The van der Waals surface area contributed by atoms with Crippen molar-refractivity contribution < 1.29 is 28.6 Å². The Hall–Kier alpha value is -2.37. The predicted octanol–water partition coefficient (Wildman–Crippen LogP) is 16.5. The number of hydrogen-bond donors (Lipinski definition) is 0. The highest BCUT2D eigenvalue weighted by molar-refractivity contribution is 5.71. The maximum absolute atomic E-state index is 12.8. The molecule has 0 aromatic heterocycles. The minimum absolute atomic E-state index is 0.0774. The average molecular weight is 829 g/mol. The third-order valence-electron chi connectivity index (χ3n) is 11.1. The molecular formula is C53H96O6. The van der Waals surface area contributed by atoms with Gasteiger partial charge in [0.1, 0.15) is 13.2 Å². The summed E-state index contributed by atoms with van der Waals surface area (Å²) in [5, 5.41) is 0. The molecule has 344 valence electrons. The highest BCUT2D eigenvalue weighted by atomic mass is 16.6. The van der Waals surface area contributed by atoms with Crippen LogP contribution in [0.1, 0.15) is 265 Å². The van der Waals surface area contributed by atoms with Crippen molar-refractivity contribution >= 4 is 17.9 Å². The lowest BCUT2D eigenvalue weighted by molar-refractivity contribution is -0.167. The van der Waals surface area contributed by atoms with Crippen molar-refractivity contribution in [3.05, 3.63) is 36.5 Å². The topological polar surface area (TPSA) is 78.9 Å². The molecule has 1 atom stereocenters. The second-order valence-corrected chi connectivity index (χ2v) is 17.1. The van der Waals surface area contributed by atoms with Crippen molar-refractivity contribution in [1.29, 1.82) is 0 Å². The van der Waals surface area contributed by atoms with Gasteiger partial charge in [0.15, 0.2) is 6.10 Å². The monoisotopic (exact) mass is 829 g/mol. The van der Waals surface area contributed by atoms with Crippen molar-refractivity contribution in [2.45, 2.75) is 271 Å². The number of rotatable bonds is 46. The summed E-state index contributed by atoms with van der Waals surface area (Å²) in [7, 11) is 0. The van der Waals surface area contributed by atoms with Gasteiger partial charge in [-0.1, -0.05) is 205 Å². The van der Waals surface area contributed by atoms with Crippen LogP contribution in [0.5, 0.6) is 0 Å². The first kappa shape index (κ1) is 56.6. The minimum atomic E-state index is -0.777. The van der Waals surface area contributed by atoms with Crippen LogP contribution in [0.4, 0.5) is 0 Å². The summed E-state index contributed by atoms with van der Waals surface area (Å²) in [4.78, 5) is 37.9. The second-order valence-electron chi connectivity index (χ2n) is 17.1. The Balaban J connectivity index is 4.38. The van der Waals surface area contributed by atoms with Gasteiger partial charge in [0, 0.05) is 19.3 Å². The predicted molar refractivity (Wildman–Crippen MR) is 252 cm³/mol. The molecule has 0 saturated carbocycles. The van der Waals surface area contributed by atoms with Crippen molar-refractivity contribution in [2.24, 2.45) is 0 Å². The van der Waals surface area contributed by atoms with E-state index in [1.165, 1.54) is 141 Å². The van der Waals surface area contributed by atoms with Gasteiger partial charge < -0.3 is 14.2 Å². The van der Waals surface area contributed by atoms with E-state index in [4.69, 9.17) is 14.2 Å². The van der Waals surface area contributed by atoms with Gasteiger partial charge in [0.05, 0.1) is 0 Å². The zero-order valence-corrected chi connectivity index (χ0v) is 39.3. The standard InChI is InChI=1S/C53H96O6/c1-4-7-10-13-16-19-22-24-26-28-31-34-37-40-43-46-52(55)58-49-50(48-57-51(54)45-42-39-36-33-30-21-18-15-12-9-6-3)59-53(56)47-44-41-38-35-32-29-27-25-23-20-17-14-11-8-5-2/h16,19,24-27,50H,4-15,17-18,20-23,28-49H2,1-3H3/b19-16-,26-24-,27-25-/t50-/m0/s1. The lowest BCUT2D eigenvalue weighted by Gasteiger charge is -2.18. The first-order chi connectivity index (χ1) is 29.0. The van der Waals surface area contributed by atoms with E-state index < -0.39 is 6.10 Å². The fraction of sp³-hybridized carbons (Fsp3) is 0.830. The van der Waals surface area contributed by atoms with Crippen LogP contribution in [0.15, 0.2) is 36.5 Å². The molecule has 6 nitrogen and oxygen atoms in total. The molecule has 0 saturated heterocycles. The number of carbonyl (C=O) groups excluding carboxylic acids is 3.